The summed E-state index contributed by atoms with van der Waals surface area (Å²) in [6, 6.07) is 17.6. The van der Waals surface area contributed by atoms with Crippen LogP contribution in [0.3, 0.4) is 0 Å². The second-order valence-electron chi connectivity index (χ2n) is 5.40. The molecule has 0 spiro atoms. The van der Waals surface area contributed by atoms with E-state index in [1.54, 1.807) is 24.3 Å². The summed E-state index contributed by atoms with van der Waals surface area (Å²) in [6.45, 7) is 0. The fourth-order valence-corrected chi connectivity index (χ4v) is 2.67. The molecule has 2 N–H and O–H groups in total. The first-order valence-electron chi connectivity index (χ1n) is 7.87. The fourth-order valence-electron chi connectivity index (χ4n) is 2.26. The Morgan fingerprint density at radius 1 is 1.12 bits per heavy atom. The Hall–Kier alpha value is -3.06. The van der Waals surface area contributed by atoms with Gasteiger partial charge in [-0.1, -0.05) is 18.2 Å². The molecule has 1 heterocycles. The highest BCUT2D eigenvalue weighted by Crippen LogP contribution is 2.22. The summed E-state index contributed by atoms with van der Waals surface area (Å²) < 4.78 is 5.71. The van der Waals surface area contributed by atoms with Crippen molar-refractivity contribution in [3.8, 4) is 11.5 Å². The molecule has 0 fully saturated rings. The highest BCUT2D eigenvalue weighted by atomic mass is 32.2. The van der Waals surface area contributed by atoms with Crippen molar-refractivity contribution in [2.24, 2.45) is 0 Å². The van der Waals surface area contributed by atoms with E-state index in [4.69, 9.17) is 4.74 Å². The number of benzene rings is 2. The predicted molar refractivity (Wildman–Crippen MR) is 103 cm³/mol. The number of rotatable bonds is 6. The second kappa shape index (κ2) is 8.35. The maximum absolute atomic E-state index is 12.3. The number of para-hydroxylation sites is 1. The van der Waals surface area contributed by atoms with Crippen LogP contribution in [0.1, 0.15) is 16.3 Å². The van der Waals surface area contributed by atoms with E-state index < -0.39 is 5.91 Å². The van der Waals surface area contributed by atoms with Crippen LogP contribution in [-0.4, -0.2) is 22.1 Å². The number of hydrogen-bond donors (Lipinski definition) is 2. The average Bonchev–Trinajstić information content (AvgIpc) is 2.64. The summed E-state index contributed by atoms with van der Waals surface area (Å²) >= 11 is 1.51. The van der Waals surface area contributed by atoms with Gasteiger partial charge in [0.15, 0.2) is 0 Å². The molecule has 0 aliphatic heterocycles. The molecule has 1 amide bonds. The summed E-state index contributed by atoms with van der Waals surface area (Å²) in [6.07, 6.45) is 1.89. The van der Waals surface area contributed by atoms with E-state index >= 15 is 0 Å². The van der Waals surface area contributed by atoms with Crippen molar-refractivity contribution in [2.45, 2.75) is 5.75 Å². The number of thioether (sulfide) groups is 1. The van der Waals surface area contributed by atoms with Crippen molar-refractivity contribution >= 4 is 23.4 Å². The van der Waals surface area contributed by atoms with Crippen molar-refractivity contribution in [1.82, 2.24) is 9.97 Å². The van der Waals surface area contributed by atoms with E-state index in [9.17, 15) is 9.59 Å². The first-order chi connectivity index (χ1) is 12.6. The van der Waals surface area contributed by atoms with E-state index in [-0.39, 0.29) is 11.3 Å². The summed E-state index contributed by atoms with van der Waals surface area (Å²) in [5, 5.41) is 2.73. The van der Waals surface area contributed by atoms with E-state index in [0.29, 0.717) is 23.0 Å². The number of nitrogens with one attached hydrogen (secondary N) is 2. The molecule has 7 heteroatoms. The van der Waals surface area contributed by atoms with Gasteiger partial charge in [0, 0.05) is 11.8 Å². The Balaban J connectivity index is 1.69. The molecule has 0 saturated carbocycles. The van der Waals surface area contributed by atoms with Crippen molar-refractivity contribution < 1.29 is 9.53 Å². The topological polar surface area (TPSA) is 84.1 Å². The monoisotopic (exact) mass is 367 g/mol. The van der Waals surface area contributed by atoms with E-state index in [1.807, 2.05) is 36.6 Å². The largest absolute Gasteiger partial charge is 0.457 e. The second-order valence-corrected chi connectivity index (χ2v) is 6.27. The Kier molecular flexibility index (Phi) is 5.70. The maximum Gasteiger partial charge on any atom is 0.274 e. The van der Waals surface area contributed by atoms with Gasteiger partial charge >= 0.3 is 0 Å². The van der Waals surface area contributed by atoms with Gasteiger partial charge < -0.3 is 15.0 Å². The summed E-state index contributed by atoms with van der Waals surface area (Å²) in [5.74, 6) is 1.96. The molecule has 6 nitrogen and oxygen atoms in total. The molecule has 0 unspecified atom stereocenters. The Morgan fingerprint density at radius 3 is 2.50 bits per heavy atom. The third-order valence-electron chi connectivity index (χ3n) is 3.40. The molecule has 132 valence electrons. The molecule has 0 aliphatic carbocycles. The van der Waals surface area contributed by atoms with Crippen LogP contribution in [0.5, 0.6) is 11.5 Å². The number of aromatic nitrogens is 2. The van der Waals surface area contributed by atoms with Gasteiger partial charge in [0.25, 0.3) is 11.5 Å². The average molecular weight is 367 g/mol. The van der Waals surface area contributed by atoms with E-state index in [1.165, 1.54) is 17.8 Å². The van der Waals surface area contributed by atoms with Crippen molar-refractivity contribution in [3.05, 3.63) is 82.5 Å². The molecule has 0 bridgehead atoms. The summed E-state index contributed by atoms with van der Waals surface area (Å²) in [4.78, 5) is 30.8. The smallest absolute Gasteiger partial charge is 0.274 e. The standard InChI is InChI=1S/C19H17N3O3S/c1-26-12-17-21-16(11-18(23)22-17)19(24)20-13-7-9-15(10-8-13)25-14-5-3-2-4-6-14/h2-11H,12H2,1H3,(H,20,24)(H,21,22,23). The lowest BCUT2D eigenvalue weighted by Crippen LogP contribution is -2.20. The quantitative estimate of drug-likeness (QED) is 0.694. The van der Waals surface area contributed by atoms with Gasteiger partial charge in [0.2, 0.25) is 0 Å². The lowest BCUT2D eigenvalue weighted by molar-refractivity contribution is 0.102. The van der Waals surface area contributed by atoms with E-state index in [2.05, 4.69) is 15.3 Å². The van der Waals surface area contributed by atoms with Crippen molar-refractivity contribution in [1.29, 1.82) is 0 Å². The van der Waals surface area contributed by atoms with Crippen LogP contribution in [0, 0.1) is 0 Å². The minimum absolute atomic E-state index is 0.0856. The molecule has 1 aromatic heterocycles. The maximum atomic E-state index is 12.3. The van der Waals surface area contributed by atoms with Gasteiger partial charge in [-0.3, -0.25) is 9.59 Å². The van der Waals surface area contributed by atoms with Gasteiger partial charge in [0.1, 0.15) is 23.0 Å². The lowest BCUT2D eigenvalue weighted by atomic mass is 10.2. The third-order valence-corrected chi connectivity index (χ3v) is 3.96. The van der Waals surface area contributed by atoms with Crippen LogP contribution >= 0.6 is 11.8 Å². The van der Waals surface area contributed by atoms with Gasteiger partial charge in [-0.15, -0.1) is 0 Å². The van der Waals surface area contributed by atoms with Gasteiger partial charge in [-0.05, 0) is 42.7 Å². The SMILES string of the molecule is CSCc1nc(C(=O)Nc2ccc(Oc3ccccc3)cc2)cc(=O)[nH]1. The number of hydrogen-bond acceptors (Lipinski definition) is 5. The number of carbonyl (C=O) groups is 1. The van der Waals surface area contributed by atoms with Gasteiger partial charge in [0.05, 0.1) is 5.75 Å². The molecule has 0 atom stereocenters. The summed E-state index contributed by atoms with van der Waals surface area (Å²) in [5.41, 5.74) is 0.326. The zero-order chi connectivity index (χ0) is 18.4. The first kappa shape index (κ1) is 17.8. The summed E-state index contributed by atoms with van der Waals surface area (Å²) in [7, 11) is 0. The number of carbonyl (C=O) groups excluding carboxylic acids is 1. The molecular weight excluding hydrogens is 350 g/mol. The molecule has 3 rings (SSSR count). The van der Waals surface area contributed by atoms with E-state index in [0.717, 1.165) is 5.75 Å². The molecular formula is C19H17N3O3S. The predicted octanol–water partition coefficient (Wildman–Crippen LogP) is 3.68. The lowest BCUT2D eigenvalue weighted by Gasteiger charge is -2.08. The van der Waals surface area contributed by atoms with Crippen LogP contribution in [0.2, 0.25) is 0 Å². The zero-order valence-electron chi connectivity index (χ0n) is 14.1. The Labute approximate surface area is 154 Å². The Bertz CT molecular complexity index is 940. The van der Waals surface area contributed by atoms with Crippen molar-refractivity contribution in [3.63, 3.8) is 0 Å². The number of nitrogens with zero attached hydrogens (tertiary/aromatic N) is 1. The molecule has 0 radical (unpaired) electrons. The zero-order valence-corrected chi connectivity index (χ0v) is 14.9. The minimum atomic E-state index is -0.435. The molecule has 26 heavy (non-hydrogen) atoms. The number of anilines is 1. The van der Waals surface area contributed by atoms with Gasteiger partial charge in [-0.2, -0.15) is 11.8 Å². The van der Waals surface area contributed by atoms with Crippen LogP contribution in [0.25, 0.3) is 0 Å². The number of amides is 1. The highest BCUT2D eigenvalue weighted by Gasteiger charge is 2.11. The van der Waals surface area contributed by atoms with Crippen LogP contribution < -0.4 is 15.6 Å². The van der Waals surface area contributed by atoms with Gasteiger partial charge in [-0.25, -0.2) is 4.98 Å². The number of H-pyrrole nitrogens is 1. The minimum Gasteiger partial charge on any atom is -0.457 e. The van der Waals surface area contributed by atoms with Crippen LogP contribution in [-0.2, 0) is 5.75 Å². The molecule has 2 aromatic carbocycles. The highest BCUT2D eigenvalue weighted by molar-refractivity contribution is 7.97. The molecule has 3 aromatic rings. The Morgan fingerprint density at radius 2 is 1.81 bits per heavy atom. The number of aromatic amines is 1. The van der Waals surface area contributed by atoms with Crippen LogP contribution in [0.4, 0.5) is 5.69 Å². The molecule has 0 aliphatic rings. The number of ether oxygens (including phenoxy) is 1. The first-order valence-corrected chi connectivity index (χ1v) is 9.27. The fraction of sp³-hybridized carbons (Fsp3) is 0.105. The van der Waals surface area contributed by atoms with Crippen LogP contribution in [0.15, 0.2) is 65.5 Å². The normalized spacial score (nSPS) is 10.3. The van der Waals surface area contributed by atoms with Crippen molar-refractivity contribution in [2.75, 3.05) is 11.6 Å². The molecule has 0 saturated heterocycles. The third kappa shape index (κ3) is 4.73.